The Bertz CT molecular complexity index is 192. The van der Waals surface area contributed by atoms with Crippen molar-refractivity contribution in [2.75, 3.05) is 53.5 Å². The highest BCUT2D eigenvalue weighted by Gasteiger charge is 2.20. The van der Waals surface area contributed by atoms with E-state index in [1.807, 2.05) is 6.92 Å². The number of hydrogen-bond donors (Lipinski definition) is 1. The van der Waals surface area contributed by atoms with E-state index in [9.17, 15) is 5.11 Å². The molecule has 1 atom stereocenters. The molecule has 4 nitrogen and oxygen atoms in total. The van der Waals surface area contributed by atoms with E-state index in [0.717, 1.165) is 38.7 Å². The summed E-state index contributed by atoms with van der Waals surface area (Å²) in [6.45, 7) is 7.96. The van der Waals surface area contributed by atoms with E-state index in [0.29, 0.717) is 0 Å². The zero-order valence-corrected chi connectivity index (χ0v) is 11.6. The van der Waals surface area contributed by atoms with Crippen LogP contribution in [0.15, 0.2) is 0 Å². The number of ether oxygens (including phenoxy) is 1. The third-order valence-corrected chi connectivity index (χ3v) is 3.48. The number of nitrogens with zero attached hydrogens (tertiary/aromatic N) is 2. The molecule has 1 rings (SSSR count). The van der Waals surface area contributed by atoms with Crippen LogP contribution in [0.4, 0.5) is 0 Å². The van der Waals surface area contributed by atoms with E-state index in [2.05, 4.69) is 16.8 Å². The van der Waals surface area contributed by atoms with Gasteiger partial charge in [-0.05, 0) is 45.8 Å². The van der Waals surface area contributed by atoms with Crippen LogP contribution in [0.25, 0.3) is 0 Å². The summed E-state index contributed by atoms with van der Waals surface area (Å²) in [5.74, 6) is 0.808. The maximum Gasteiger partial charge on any atom is 0.0639 e. The van der Waals surface area contributed by atoms with E-state index >= 15 is 0 Å². The molecule has 0 amide bonds. The second-order valence-electron chi connectivity index (χ2n) is 5.35. The molecule has 0 aliphatic carbocycles. The Morgan fingerprint density at radius 3 is 2.59 bits per heavy atom. The third-order valence-electron chi connectivity index (χ3n) is 3.48. The van der Waals surface area contributed by atoms with Gasteiger partial charge in [0.25, 0.3) is 0 Å². The van der Waals surface area contributed by atoms with Crippen LogP contribution in [-0.2, 0) is 4.74 Å². The molecule has 1 saturated heterocycles. The second-order valence-corrected chi connectivity index (χ2v) is 5.35. The number of hydrogen-bond acceptors (Lipinski definition) is 4. The maximum absolute atomic E-state index is 9.35. The minimum absolute atomic E-state index is 0.198. The third kappa shape index (κ3) is 6.36. The predicted octanol–water partition coefficient (Wildman–Crippen LogP) is 0.657. The number of likely N-dealkylation sites (N-methyl/N-ethyl adjacent to an activating group) is 1. The lowest BCUT2D eigenvalue weighted by Gasteiger charge is -2.34. The van der Waals surface area contributed by atoms with Crippen LogP contribution >= 0.6 is 0 Å². The fourth-order valence-corrected chi connectivity index (χ4v) is 2.50. The molecule has 0 aromatic carbocycles. The highest BCUT2D eigenvalue weighted by atomic mass is 16.5. The number of methoxy groups -OCH3 is 1. The largest absolute Gasteiger partial charge is 0.392 e. The molecular formula is C13H28N2O2. The Kier molecular flexibility index (Phi) is 7.04. The van der Waals surface area contributed by atoms with Crippen molar-refractivity contribution < 1.29 is 9.84 Å². The van der Waals surface area contributed by atoms with Crippen molar-refractivity contribution in [2.45, 2.75) is 25.9 Å². The van der Waals surface area contributed by atoms with Crippen molar-refractivity contribution >= 4 is 0 Å². The molecule has 0 radical (unpaired) electrons. The molecule has 0 aromatic rings. The zero-order chi connectivity index (χ0) is 12.7. The molecule has 1 aliphatic rings. The smallest absolute Gasteiger partial charge is 0.0639 e. The van der Waals surface area contributed by atoms with E-state index < -0.39 is 0 Å². The Balaban J connectivity index is 2.14. The van der Waals surface area contributed by atoms with Gasteiger partial charge in [-0.15, -0.1) is 0 Å². The van der Waals surface area contributed by atoms with Gasteiger partial charge in [0.05, 0.1) is 12.7 Å². The van der Waals surface area contributed by atoms with Gasteiger partial charge in [0, 0.05) is 26.7 Å². The van der Waals surface area contributed by atoms with Crippen molar-refractivity contribution in [1.29, 1.82) is 0 Å². The van der Waals surface area contributed by atoms with Crippen LogP contribution in [-0.4, -0.2) is 74.5 Å². The van der Waals surface area contributed by atoms with Crippen LogP contribution in [0.5, 0.6) is 0 Å². The van der Waals surface area contributed by atoms with Gasteiger partial charge in [-0.1, -0.05) is 0 Å². The van der Waals surface area contributed by atoms with Gasteiger partial charge in [0.1, 0.15) is 0 Å². The summed E-state index contributed by atoms with van der Waals surface area (Å²) in [4.78, 5) is 4.73. The quantitative estimate of drug-likeness (QED) is 0.713. The van der Waals surface area contributed by atoms with Crippen molar-refractivity contribution in [3.63, 3.8) is 0 Å². The number of rotatable bonds is 7. The Morgan fingerprint density at radius 1 is 1.41 bits per heavy atom. The molecular weight excluding hydrogens is 216 g/mol. The van der Waals surface area contributed by atoms with E-state index in [-0.39, 0.29) is 6.10 Å². The van der Waals surface area contributed by atoms with Gasteiger partial charge in [0.2, 0.25) is 0 Å². The lowest BCUT2D eigenvalue weighted by Crippen LogP contribution is -2.41. The summed E-state index contributed by atoms with van der Waals surface area (Å²) in [6.07, 6.45) is 2.31. The summed E-state index contributed by atoms with van der Waals surface area (Å²) in [5, 5.41) is 9.35. The molecule has 1 fully saturated rings. The number of aliphatic hydroxyl groups is 1. The van der Waals surface area contributed by atoms with E-state index in [4.69, 9.17) is 4.74 Å². The van der Waals surface area contributed by atoms with Crippen LogP contribution in [0, 0.1) is 5.92 Å². The van der Waals surface area contributed by atoms with Crippen LogP contribution in [0.3, 0.4) is 0 Å². The molecule has 17 heavy (non-hydrogen) atoms. The molecule has 0 aromatic heterocycles. The Hall–Kier alpha value is -0.160. The Labute approximate surface area is 106 Å². The van der Waals surface area contributed by atoms with Crippen molar-refractivity contribution in [3.05, 3.63) is 0 Å². The van der Waals surface area contributed by atoms with Gasteiger partial charge < -0.3 is 19.6 Å². The molecule has 0 spiro atoms. The van der Waals surface area contributed by atoms with Crippen molar-refractivity contribution in [2.24, 2.45) is 5.92 Å². The molecule has 1 N–H and O–H groups in total. The molecule has 0 bridgehead atoms. The number of aliphatic hydroxyl groups excluding tert-OH is 1. The first-order chi connectivity index (χ1) is 8.11. The lowest BCUT2D eigenvalue weighted by atomic mass is 9.96. The molecule has 1 aliphatic heterocycles. The molecule has 1 heterocycles. The minimum atomic E-state index is -0.198. The fourth-order valence-electron chi connectivity index (χ4n) is 2.50. The van der Waals surface area contributed by atoms with Gasteiger partial charge in [-0.25, -0.2) is 0 Å². The number of piperidine rings is 1. The fraction of sp³-hybridized carbons (Fsp3) is 1.00. The molecule has 0 saturated carbocycles. The monoisotopic (exact) mass is 244 g/mol. The minimum Gasteiger partial charge on any atom is -0.392 e. The van der Waals surface area contributed by atoms with Crippen LogP contribution in [0.2, 0.25) is 0 Å². The van der Waals surface area contributed by atoms with E-state index in [1.54, 1.807) is 7.11 Å². The van der Waals surface area contributed by atoms with E-state index in [1.165, 1.54) is 19.4 Å². The summed E-state index contributed by atoms with van der Waals surface area (Å²) >= 11 is 0. The summed E-state index contributed by atoms with van der Waals surface area (Å²) in [5.41, 5.74) is 0. The van der Waals surface area contributed by atoms with Crippen LogP contribution in [0.1, 0.15) is 19.8 Å². The van der Waals surface area contributed by atoms with Gasteiger partial charge in [-0.2, -0.15) is 0 Å². The highest BCUT2D eigenvalue weighted by molar-refractivity contribution is 4.75. The predicted molar refractivity (Wildman–Crippen MR) is 70.2 cm³/mol. The average molecular weight is 244 g/mol. The lowest BCUT2D eigenvalue weighted by molar-refractivity contribution is 0.0881. The summed E-state index contributed by atoms with van der Waals surface area (Å²) < 4.78 is 5.08. The first-order valence-corrected chi connectivity index (χ1v) is 6.69. The second kappa shape index (κ2) is 8.03. The van der Waals surface area contributed by atoms with Crippen LogP contribution < -0.4 is 0 Å². The molecule has 102 valence electrons. The van der Waals surface area contributed by atoms with Crippen molar-refractivity contribution in [3.8, 4) is 0 Å². The number of β-amino-alcohol motifs (C(OH)–C–C–N with tert-alkyl or cyclic N) is 1. The molecule has 4 heteroatoms. The SMILES string of the molecule is COCCN(C)CC1CCN(C[C@@H](C)O)CC1. The van der Waals surface area contributed by atoms with Crippen molar-refractivity contribution in [1.82, 2.24) is 9.80 Å². The first-order valence-electron chi connectivity index (χ1n) is 6.69. The van der Waals surface area contributed by atoms with Gasteiger partial charge in [0.15, 0.2) is 0 Å². The average Bonchev–Trinajstić information content (AvgIpc) is 2.28. The Morgan fingerprint density at radius 2 is 2.06 bits per heavy atom. The van der Waals surface area contributed by atoms with Gasteiger partial charge in [-0.3, -0.25) is 0 Å². The highest BCUT2D eigenvalue weighted by Crippen LogP contribution is 2.18. The first kappa shape index (κ1) is 14.9. The topological polar surface area (TPSA) is 35.9 Å². The molecule has 0 unspecified atom stereocenters. The standard InChI is InChI=1S/C13H28N2O2/c1-12(16)10-15-6-4-13(5-7-15)11-14(2)8-9-17-3/h12-13,16H,4-11H2,1-3H3/t12-/m1/s1. The summed E-state index contributed by atoms with van der Waals surface area (Å²) in [6, 6.07) is 0. The maximum atomic E-state index is 9.35. The summed E-state index contributed by atoms with van der Waals surface area (Å²) in [7, 11) is 3.92. The van der Waals surface area contributed by atoms with Gasteiger partial charge >= 0.3 is 0 Å². The number of likely N-dealkylation sites (tertiary alicyclic amines) is 1. The zero-order valence-electron chi connectivity index (χ0n) is 11.6. The normalized spacial score (nSPS) is 21.0.